The van der Waals surface area contributed by atoms with Crippen LogP contribution in [-0.2, 0) is 0 Å². The molecule has 0 bridgehead atoms. The quantitative estimate of drug-likeness (QED) is 0.888. The largest absolute Gasteiger partial charge is 0.477 e. The van der Waals surface area contributed by atoms with Gasteiger partial charge in [0.1, 0.15) is 11.4 Å². The molecule has 6 nitrogen and oxygen atoms in total. The summed E-state index contributed by atoms with van der Waals surface area (Å²) in [5.74, 6) is -1.86. The molecule has 9 heteroatoms. The van der Waals surface area contributed by atoms with E-state index in [2.05, 4.69) is 15.3 Å². The molecule has 2 rings (SSSR count). The summed E-state index contributed by atoms with van der Waals surface area (Å²) in [6.45, 7) is 0. The molecular formula is C12H6Cl3N3O3. The zero-order valence-corrected chi connectivity index (χ0v) is 12.4. The van der Waals surface area contributed by atoms with Gasteiger partial charge < -0.3 is 10.4 Å². The highest BCUT2D eigenvalue weighted by Gasteiger charge is 2.17. The van der Waals surface area contributed by atoms with Crippen molar-refractivity contribution in [3.63, 3.8) is 0 Å². The number of amides is 1. The van der Waals surface area contributed by atoms with Gasteiger partial charge in [0.2, 0.25) is 0 Å². The van der Waals surface area contributed by atoms with E-state index in [1.54, 1.807) is 0 Å². The van der Waals surface area contributed by atoms with E-state index in [1.165, 1.54) is 24.5 Å². The number of carboxylic acids is 1. The standard InChI is InChI=1S/C12H6Cl3N3O3/c13-6-4-17-10(9(15)8(6)14)11(19)18-5-1-2-16-7(3-5)12(20)21/h1-4H,(H,20,21)(H,16,18,19). The van der Waals surface area contributed by atoms with Crippen molar-refractivity contribution < 1.29 is 14.7 Å². The number of carboxylic acid groups (broad SMARTS) is 1. The highest BCUT2D eigenvalue weighted by molar-refractivity contribution is 6.49. The van der Waals surface area contributed by atoms with Crippen LogP contribution in [0.2, 0.25) is 15.1 Å². The van der Waals surface area contributed by atoms with Gasteiger partial charge in [-0.3, -0.25) is 4.79 Å². The molecule has 0 fully saturated rings. The zero-order valence-electron chi connectivity index (χ0n) is 10.1. The molecule has 0 aliphatic rings. The van der Waals surface area contributed by atoms with E-state index in [0.29, 0.717) is 0 Å². The Morgan fingerprint density at radius 1 is 1.14 bits per heavy atom. The Balaban J connectivity index is 2.28. The van der Waals surface area contributed by atoms with Gasteiger partial charge in [0.15, 0.2) is 0 Å². The summed E-state index contributed by atoms with van der Waals surface area (Å²) in [5, 5.41) is 11.3. The molecule has 1 amide bonds. The molecule has 21 heavy (non-hydrogen) atoms. The summed E-state index contributed by atoms with van der Waals surface area (Å²) in [6.07, 6.45) is 2.45. The maximum absolute atomic E-state index is 12.1. The molecule has 2 aromatic heterocycles. The van der Waals surface area contributed by atoms with E-state index in [1.807, 2.05) is 0 Å². The Bertz CT molecular complexity index is 737. The number of nitrogens with one attached hydrogen (secondary N) is 1. The van der Waals surface area contributed by atoms with Gasteiger partial charge >= 0.3 is 5.97 Å². The fourth-order valence-electron chi connectivity index (χ4n) is 1.42. The van der Waals surface area contributed by atoms with Crippen LogP contribution in [0.15, 0.2) is 24.5 Å². The number of aromatic nitrogens is 2. The molecule has 0 radical (unpaired) electrons. The van der Waals surface area contributed by atoms with Gasteiger partial charge in [-0.05, 0) is 12.1 Å². The van der Waals surface area contributed by atoms with Gasteiger partial charge in [0, 0.05) is 18.1 Å². The van der Waals surface area contributed by atoms with E-state index in [0.717, 1.165) is 0 Å². The van der Waals surface area contributed by atoms with Gasteiger partial charge in [-0.2, -0.15) is 0 Å². The second-order valence-corrected chi connectivity index (χ2v) is 4.93. The van der Waals surface area contributed by atoms with E-state index in [-0.39, 0.29) is 32.1 Å². The normalized spacial score (nSPS) is 10.2. The number of pyridine rings is 2. The smallest absolute Gasteiger partial charge is 0.354 e. The number of hydrogen-bond donors (Lipinski definition) is 2. The fourth-order valence-corrected chi connectivity index (χ4v) is 1.98. The van der Waals surface area contributed by atoms with Gasteiger partial charge in [-0.15, -0.1) is 0 Å². The van der Waals surface area contributed by atoms with Crippen LogP contribution in [0.3, 0.4) is 0 Å². The van der Waals surface area contributed by atoms with Crippen LogP contribution >= 0.6 is 34.8 Å². The van der Waals surface area contributed by atoms with Crippen LogP contribution in [0, 0.1) is 0 Å². The molecule has 0 atom stereocenters. The Labute approximate surface area is 133 Å². The van der Waals surface area contributed by atoms with Crippen LogP contribution < -0.4 is 5.32 Å². The van der Waals surface area contributed by atoms with Crippen molar-refractivity contribution in [3.05, 3.63) is 51.0 Å². The van der Waals surface area contributed by atoms with Gasteiger partial charge in [0.05, 0.1) is 15.1 Å². The summed E-state index contributed by atoms with van der Waals surface area (Å²) in [7, 11) is 0. The molecule has 2 heterocycles. The third-order valence-corrected chi connectivity index (χ3v) is 3.61. The third-order valence-electron chi connectivity index (χ3n) is 2.37. The van der Waals surface area contributed by atoms with Crippen molar-refractivity contribution in [3.8, 4) is 0 Å². The lowest BCUT2D eigenvalue weighted by Crippen LogP contribution is -2.15. The Morgan fingerprint density at radius 3 is 2.52 bits per heavy atom. The predicted molar refractivity (Wildman–Crippen MR) is 78.4 cm³/mol. The first-order valence-corrected chi connectivity index (χ1v) is 6.53. The summed E-state index contributed by atoms with van der Waals surface area (Å²) in [6, 6.07) is 2.63. The molecule has 108 valence electrons. The van der Waals surface area contributed by atoms with Crippen LogP contribution in [-0.4, -0.2) is 27.0 Å². The molecule has 0 aromatic carbocycles. The van der Waals surface area contributed by atoms with E-state index in [4.69, 9.17) is 39.9 Å². The van der Waals surface area contributed by atoms with Gasteiger partial charge in [-0.1, -0.05) is 34.8 Å². The number of rotatable bonds is 3. The predicted octanol–water partition coefficient (Wildman–Crippen LogP) is 3.39. The van der Waals surface area contributed by atoms with Crippen molar-refractivity contribution in [2.75, 3.05) is 5.32 Å². The summed E-state index contributed by atoms with van der Waals surface area (Å²) in [4.78, 5) is 30.3. The number of carbonyl (C=O) groups excluding carboxylic acids is 1. The van der Waals surface area contributed by atoms with E-state index < -0.39 is 11.9 Å². The monoisotopic (exact) mass is 345 g/mol. The van der Waals surface area contributed by atoms with Crippen molar-refractivity contribution >= 4 is 52.4 Å². The van der Waals surface area contributed by atoms with Crippen LogP contribution in [0.5, 0.6) is 0 Å². The Morgan fingerprint density at radius 2 is 1.86 bits per heavy atom. The summed E-state index contributed by atoms with van der Waals surface area (Å²) < 4.78 is 0. The highest BCUT2D eigenvalue weighted by Crippen LogP contribution is 2.31. The van der Waals surface area contributed by atoms with Gasteiger partial charge in [-0.25, -0.2) is 14.8 Å². The lowest BCUT2D eigenvalue weighted by molar-refractivity contribution is 0.0690. The number of carbonyl (C=O) groups is 2. The number of nitrogens with zero attached hydrogens (tertiary/aromatic N) is 2. The van der Waals surface area contributed by atoms with Crippen molar-refractivity contribution in [1.82, 2.24) is 9.97 Å². The van der Waals surface area contributed by atoms with Crippen molar-refractivity contribution in [2.24, 2.45) is 0 Å². The number of aromatic carboxylic acids is 1. The molecule has 0 spiro atoms. The second kappa shape index (κ2) is 6.26. The molecule has 2 N–H and O–H groups in total. The lowest BCUT2D eigenvalue weighted by atomic mass is 10.3. The maximum atomic E-state index is 12.1. The average molecular weight is 347 g/mol. The van der Waals surface area contributed by atoms with Crippen LogP contribution in [0.25, 0.3) is 0 Å². The Hall–Kier alpha value is -1.89. The van der Waals surface area contributed by atoms with Crippen LogP contribution in [0.4, 0.5) is 5.69 Å². The molecular weight excluding hydrogens is 341 g/mol. The minimum Gasteiger partial charge on any atom is -0.477 e. The fraction of sp³-hybridized carbons (Fsp3) is 0. The molecule has 0 unspecified atom stereocenters. The van der Waals surface area contributed by atoms with Crippen molar-refractivity contribution in [2.45, 2.75) is 0 Å². The first-order chi connectivity index (χ1) is 9.90. The summed E-state index contributed by atoms with van der Waals surface area (Å²) >= 11 is 17.4. The SMILES string of the molecule is O=C(O)c1cc(NC(=O)c2ncc(Cl)c(Cl)c2Cl)ccn1. The zero-order chi connectivity index (χ0) is 15.6. The first-order valence-electron chi connectivity index (χ1n) is 5.40. The first kappa shape index (κ1) is 15.5. The molecule has 2 aromatic rings. The van der Waals surface area contributed by atoms with E-state index >= 15 is 0 Å². The lowest BCUT2D eigenvalue weighted by Gasteiger charge is -2.08. The molecule has 0 saturated carbocycles. The molecule has 0 aliphatic carbocycles. The second-order valence-electron chi connectivity index (χ2n) is 3.77. The topological polar surface area (TPSA) is 92.2 Å². The maximum Gasteiger partial charge on any atom is 0.354 e. The van der Waals surface area contributed by atoms with Crippen LogP contribution in [0.1, 0.15) is 21.0 Å². The number of hydrogen-bond acceptors (Lipinski definition) is 4. The van der Waals surface area contributed by atoms with Gasteiger partial charge in [0.25, 0.3) is 5.91 Å². The molecule has 0 aliphatic heterocycles. The number of halogens is 3. The third kappa shape index (κ3) is 3.41. The Kier molecular flexibility index (Phi) is 4.62. The molecule has 0 saturated heterocycles. The van der Waals surface area contributed by atoms with Crippen molar-refractivity contribution in [1.29, 1.82) is 0 Å². The summed E-state index contributed by atoms with van der Waals surface area (Å²) in [5.41, 5.74) is -0.0999. The average Bonchev–Trinajstić information content (AvgIpc) is 2.45. The minimum atomic E-state index is -1.21. The number of anilines is 1. The highest BCUT2D eigenvalue weighted by atomic mass is 35.5. The minimum absolute atomic E-state index is 0.0134. The van der Waals surface area contributed by atoms with E-state index in [9.17, 15) is 9.59 Å².